The van der Waals surface area contributed by atoms with E-state index < -0.39 is 0 Å². The summed E-state index contributed by atoms with van der Waals surface area (Å²) in [4.78, 5) is 0. The van der Waals surface area contributed by atoms with Gasteiger partial charge in [-0.3, -0.25) is 0 Å². The quantitative estimate of drug-likeness (QED) is 0.455. The van der Waals surface area contributed by atoms with Gasteiger partial charge in [0.05, 0.1) is 0 Å². The number of hydrogen-bond acceptors (Lipinski definition) is 1. The van der Waals surface area contributed by atoms with E-state index in [1.54, 1.807) is 0 Å². The Kier molecular flexibility index (Phi) is 10.4. The van der Waals surface area contributed by atoms with Gasteiger partial charge < -0.3 is 10.6 Å². The third-order valence-corrected chi connectivity index (χ3v) is 3.65. The number of thiocarbonyl (C=S) groups is 1. The van der Waals surface area contributed by atoms with Crippen molar-refractivity contribution in [1.29, 1.82) is 0 Å². The lowest BCUT2D eigenvalue weighted by Crippen LogP contribution is -2.47. The first-order valence-electron chi connectivity index (χ1n) is 7.58. The summed E-state index contributed by atoms with van der Waals surface area (Å²) in [7, 11) is 0. The highest BCUT2D eigenvalue weighted by Gasteiger charge is 2.14. The highest BCUT2D eigenvalue weighted by molar-refractivity contribution is 7.80. The fourth-order valence-electron chi connectivity index (χ4n) is 1.72. The molecule has 0 aliphatic rings. The van der Waals surface area contributed by atoms with Gasteiger partial charge in [-0.25, -0.2) is 0 Å². The molecule has 0 aromatic rings. The second-order valence-electron chi connectivity index (χ2n) is 5.74. The molecule has 0 atom stereocenters. The Morgan fingerprint density at radius 3 is 2.06 bits per heavy atom. The first-order valence-corrected chi connectivity index (χ1v) is 7.98. The van der Waals surface area contributed by atoms with Gasteiger partial charge in [-0.1, -0.05) is 52.4 Å². The molecule has 18 heavy (non-hydrogen) atoms. The van der Waals surface area contributed by atoms with Crippen molar-refractivity contribution < 1.29 is 0 Å². The second-order valence-corrected chi connectivity index (χ2v) is 6.15. The molecule has 0 aliphatic carbocycles. The molecule has 108 valence electrons. The Morgan fingerprint density at radius 2 is 1.50 bits per heavy atom. The van der Waals surface area contributed by atoms with E-state index in [0.717, 1.165) is 18.1 Å². The smallest absolute Gasteiger partial charge is 0.166 e. The van der Waals surface area contributed by atoms with Crippen LogP contribution in [0.3, 0.4) is 0 Å². The van der Waals surface area contributed by atoms with Crippen LogP contribution in [0.2, 0.25) is 0 Å². The van der Waals surface area contributed by atoms with Gasteiger partial charge in [0.1, 0.15) is 0 Å². The van der Waals surface area contributed by atoms with Crippen molar-refractivity contribution in [2.24, 2.45) is 0 Å². The fourth-order valence-corrected chi connectivity index (χ4v) is 2.10. The molecule has 0 radical (unpaired) electrons. The Hall–Kier alpha value is -0.310. The Balaban J connectivity index is 3.36. The number of hydrogen-bond donors (Lipinski definition) is 2. The summed E-state index contributed by atoms with van der Waals surface area (Å²) in [5.41, 5.74) is 0.101. The average molecular weight is 273 g/mol. The lowest BCUT2D eigenvalue weighted by molar-refractivity contribution is 0.441. The largest absolute Gasteiger partial charge is 0.363 e. The molecule has 0 aliphatic heterocycles. The van der Waals surface area contributed by atoms with Crippen molar-refractivity contribution in [3.05, 3.63) is 0 Å². The van der Waals surface area contributed by atoms with Gasteiger partial charge in [0, 0.05) is 12.1 Å². The molecular formula is C15H32N2S. The monoisotopic (exact) mass is 272 g/mol. The molecule has 0 aromatic carbocycles. The predicted octanol–water partition coefficient (Wildman–Crippen LogP) is 4.39. The van der Waals surface area contributed by atoms with E-state index in [9.17, 15) is 0 Å². The van der Waals surface area contributed by atoms with Crippen molar-refractivity contribution in [2.75, 3.05) is 6.54 Å². The van der Waals surface area contributed by atoms with Crippen LogP contribution in [0, 0.1) is 0 Å². The Labute approximate surface area is 119 Å². The summed E-state index contributed by atoms with van der Waals surface area (Å²) < 4.78 is 0. The van der Waals surface area contributed by atoms with E-state index in [1.807, 2.05) is 0 Å². The van der Waals surface area contributed by atoms with Crippen molar-refractivity contribution in [1.82, 2.24) is 10.6 Å². The standard InChI is InChI=1S/C15H32N2S/c1-5-7-8-9-10-11-12-13-16-14(18)17-15(3,4)6-2/h5-13H2,1-4H3,(H2,16,17,18). The summed E-state index contributed by atoms with van der Waals surface area (Å²) in [6.07, 6.45) is 10.5. The highest BCUT2D eigenvalue weighted by Crippen LogP contribution is 2.07. The van der Waals surface area contributed by atoms with Gasteiger partial charge in [-0.2, -0.15) is 0 Å². The van der Waals surface area contributed by atoms with Crippen LogP contribution >= 0.6 is 12.2 Å². The molecule has 2 nitrogen and oxygen atoms in total. The SMILES string of the molecule is CCCCCCCCCNC(=S)NC(C)(C)CC. The minimum absolute atomic E-state index is 0.101. The van der Waals surface area contributed by atoms with Crippen LogP contribution in [0.1, 0.15) is 79.1 Å². The van der Waals surface area contributed by atoms with E-state index in [2.05, 4.69) is 38.3 Å². The minimum Gasteiger partial charge on any atom is -0.363 e. The van der Waals surface area contributed by atoms with Crippen molar-refractivity contribution in [3.63, 3.8) is 0 Å². The molecule has 0 bridgehead atoms. The van der Waals surface area contributed by atoms with Gasteiger partial charge in [-0.15, -0.1) is 0 Å². The van der Waals surface area contributed by atoms with Crippen LogP contribution in [0.4, 0.5) is 0 Å². The zero-order valence-electron chi connectivity index (χ0n) is 12.8. The summed E-state index contributed by atoms with van der Waals surface area (Å²) in [6, 6.07) is 0. The second kappa shape index (κ2) is 10.6. The Bertz CT molecular complexity index is 215. The summed E-state index contributed by atoms with van der Waals surface area (Å²) in [5.74, 6) is 0. The third kappa shape index (κ3) is 10.8. The molecule has 0 unspecified atom stereocenters. The van der Waals surface area contributed by atoms with Crippen LogP contribution in [-0.2, 0) is 0 Å². The number of nitrogens with one attached hydrogen (secondary N) is 2. The molecule has 0 heterocycles. The zero-order chi connectivity index (χ0) is 13.9. The van der Waals surface area contributed by atoms with Crippen LogP contribution < -0.4 is 10.6 Å². The number of unbranched alkanes of at least 4 members (excludes halogenated alkanes) is 6. The molecule has 0 saturated carbocycles. The van der Waals surface area contributed by atoms with E-state index in [4.69, 9.17) is 12.2 Å². The van der Waals surface area contributed by atoms with Crippen molar-refractivity contribution in [3.8, 4) is 0 Å². The molecule has 0 saturated heterocycles. The van der Waals surface area contributed by atoms with Crippen LogP contribution in [0.25, 0.3) is 0 Å². The molecule has 0 rings (SSSR count). The van der Waals surface area contributed by atoms with E-state index in [-0.39, 0.29) is 5.54 Å². The molecule has 0 spiro atoms. The first kappa shape index (κ1) is 17.7. The summed E-state index contributed by atoms with van der Waals surface area (Å²) >= 11 is 5.28. The predicted molar refractivity (Wildman–Crippen MR) is 86.1 cm³/mol. The summed E-state index contributed by atoms with van der Waals surface area (Å²) in [5, 5.41) is 7.44. The maximum Gasteiger partial charge on any atom is 0.166 e. The summed E-state index contributed by atoms with van der Waals surface area (Å²) in [6.45, 7) is 9.78. The van der Waals surface area contributed by atoms with Gasteiger partial charge in [-0.05, 0) is 38.9 Å². The normalized spacial score (nSPS) is 11.3. The molecular weight excluding hydrogens is 240 g/mol. The molecule has 0 amide bonds. The Morgan fingerprint density at radius 1 is 0.944 bits per heavy atom. The van der Waals surface area contributed by atoms with E-state index in [0.29, 0.717) is 0 Å². The van der Waals surface area contributed by atoms with E-state index >= 15 is 0 Å². The van der Waals surface area contributed by atoms with Crippen LogP contribution in [-0.4, -0.2) is 17.2 Å². The van der Waals surface area contributed by atoms with Crippen molar-refractivity contribution >= 4 is 17.3 Å². The maximum atomic E-state index is 5.28. The van der Waals surface area contributed by atoms with E-state index in [1.165, 1.54) is 44.9 Å². The topological polar surface area (TPSA) is 24.1 Å². The van der Waals surface area contributed by atoms with Crippen LogP contribution in [0.5, 0.6) is 0 Å². The molecule has 3 heteroatoms. The van der Waals surface area contributed by atoms with Gasteiger partial charge in [0.25, 0.3) is 0 Å². The van der Waals surface area contributed by atoms with Crippen LogP contribution in [0.15, 0.2) is 0 Å². The van der Waals surface area contributed by atoms with Crippen molar-refractivity contribution in [2.45, 2.75) is 84.6 Å². The zero-order valence-corrected chi connectivity index (χ0v) is 13.6. The molecule has 2 N–H and O–H groups in total. The maximum absolute atomic E-state index is 5.28. The highest BCUT2D eigenvalue weighted by atomic mass is 32.1. The van der Waals surface area contributed by atoms with Gasteiger partial charge in [0.15, 0.2) is 5.11 Å². The lowest BCUT2D eigenvalue weighted by Gasteiger charge is -2.26. The first-order chi connectivity index (χ1) is 8.52. The lowest BCUT2D eigenvalue weighted by atomic mass is 10.0. The molecule has 0 fully saturated rings. The van der Waals surface area contributed by atoms with Gasteiger partial charge in [0.2, 0.25) is 0 Å². The average Bonchev–Trinajstić information content (AvgIpc) is 2.32. The molecule has 0 aromatic heterocycles. The minimum atomic E-state index is 0.101. The third-order valence-electron chi connectivity index (χ3n) is 3.40. The number of rotatable bonds is 10. The van der Waals surface area contributed by atoms with Gasteiger partial charge >= 0.3 is 0 Å². The fraction of sp³-hybridized carbons (Fsp3) is 0.933.